The van der Waals surface area contributed by atoms with Crippen molar-refractivity contribution < 1.29 is 13.3 Å². The van der Waals surface area contributed by atoms with Gasteiger partial charge in [0.1, 0.15) is 0 Å². The van der Waals surface area contributed by atoms with E-state index >= 15 is 0 Å². The molecule has 0 spiro atoms. The molecule has 1 aromatic heterocycles. The Labute approximate surface area is 115 Å². The molecule has 0 bridgehead atoms. The van der Waals surface area contributed by atoms with E-state index in [1.54, 1.807) is 12.1 Å². The third-order valence-corrected chi connectivity index (χ3v) is 4.01. The normalized spacial score (nSPS) is 11.4. The van der Waals surface area contributed by atoms with Gasteiger partial charge in [0.05, 0.1) is 11.1 Å². The Morgan fingerprint density at radius 2 is 1.95 bits per heavy atom. The molecule has 0 radical (unpaired) electrons. The van der Waals surface area contributed by atoms with Gasteiger partial charge in [0.25, 0.3) is 15.7 Å². The number of nitro benzene ring substituents is 1. The van der Waals surface area contributed by atoms with Crippen molar-refractivity contribution in [2.24, 2.45) is 0 Å². The van der Waals surface area contributed by atoms with Gasteiger partial charge < -0.3 is 0 Å². The molecule has 0 unspecified atom stereocenters. The van der Waals surface area contributed by atoms with E-state index in [9.17, 15) is 18.5 Å². The van der Waals surface area contributed by atoms with Gasteiger partial charge in [0.15, 0.2) is 5.03 Å². The Bertz CT molecular complexity index is 680. The van der Waals surface area contributed by atoms with E-state index in [-0.39, 0.29) is 17.3 Å². The number of benzene rings is 1. The van der Waals surface area contributed by atoms with Crippen LogP contribution in [0.15, 0.2) is 41.6 Å². The van der Waals surface area contributed by atoms with Gasteiger partial charge in [-0.3, -0.25) is 15.2 Å². The molecule has 20 heavy (non-hydrogen) atoms. The van der Waals surface area contributed by atoms with Crippen molar-refractivity contribution in [3.05, 3.63) is 52.2 Å². The van der Waals surface area contributed by atoms with Gasteiger partial charge in [-0.15, -0.1) is 0 Å². The van der Waals surface area contributed by atoms with Gasteiger partial charge in [-0.1, -0.05) is 12.1 Å². The molecule has 2 aromatic rings. The van der Waals surface area contributed by atoms with E-state index in [4.69, 9.17) is 0 Å². The topological polar surface area (TPSA) is 118 Å². The summed E-state index contributed by atoms with van der Waals surface area (Å²) in [5.41, 5.74) is 0.815. The number of non-ortho nitro benzene ring substituents is 1. The summed E-state index contributed by atoms with van der Waals surface area (Å²) >= 11 is 0. The van der Waals surface area contributed by atoms with Crippen LogP contribution in [0.1, 0.15) is 5.56 Å². The lowest BCUT2D eigenvalue weighted by atomic mass is 10.1. The maximum Gasteiger partial charge on any atom is 0.269 e. The molecule has 2 rings (SSSR count). The summed E-state index contributed by atoms with van der Waals surface area (Å²) in [4.78, 5) is 10.0. The van der Waals surface area contributed by atoms with Crippen LogP contribution in [0.2, 0.25) is 0 Å². The van der Waals surface area contributed by atoms with Crippen LogP contribution in [0.4, 0.5) is 5.69 Å². The Kier molecular flexibility index (Phi) is 4.11. The van der Waals surface area contributed by atoms with Gasteiger partial charge in [-0.25, -0.2) is 13.1 Å². The summed E-state index contributed by atoms with van der Waals surface area (Å²) in [6.45, 7) is 0.194. The van der Waals surface area contributed by atoms with Gasteiger partial charge >= 0.3 is 0 Å². The molecule has 0 aliphatic carbocycles. The van der Waals surface area contributed by atoms with E-state index in [2.05, 4.69) is 14.9 Å². The second kappa shape index (κ2) is 5.80. The first-order chi connectivity index (χ1) is 9.49. The summed E-state index contributed by atoms with van der Waals surface area (Å²) in [5.74, 6) is 0. The Balaban J connectivity index is 1.92. The minimum absolute atomic E-state index is 0.00111. The lowest BCUT2D eigenvalue weighted by molar-refractivity contribution is -0.384. The van der Waals surface area contributed by atoms with Crippen molar-refractivity contribution >= 4 is 15.7 Å². The minimum Gasteiger partial charge on any atom is -0.266 e. The SMILES string of the molecule is O=[N+]([O-])c1ccc(CCNS(=O)(=O)c2ccn[nH]2)cc1. The molecule has 2 N–H and O–H groups in total. The highest BCUT2D eigenvalue weighted by Crippen LogP contribution is 2.12. The highest BCUT2D eigenvalue weighted by molar-refractivity contribution is 7.89. The summed E-state index contributed by atoms with van der Waals surface area (Å²) in [6, 6.07) is 7.33. The van der Waals surface area contributed by atoms with Gasteiger partial charge in [-0.05, 0) is 18.1 Å². The number of hydrogen-bond donors (Lipinski definition) is 2. The zero-order chi connectivity index (χ0) is 14.6. The number of hydrogen-bond acceptors (Lipinski definition) is 5. The number of aromatic amines is 1. The Morgan fingerprint density at radius 3 is 2.50 bits per heavy atom. The van der Waals surface area contributed by atoms with Crippen LogP contribution < -0.4 is 4.72 Å². The molecule has 0 aliphatic heterocycles. The molecule has 0 amide bonds. The van der Waals surface area contributed by atoms with Crippen LogP contribution in [0.25, 0.3) is 0 Å². The second-order valence-corrected chi connectivity index (χ2v) is 5.73. The standard InChI is InChI=1S/C11H12N4O4S/c16-15(17)10-3-1-9(2-4-10)5-8-13-20(18,19)11-6-7-12-14-11/h1-4,6-7,13H,5,8H2,(H,12,14). The Morgan fingerprint density at radius 1 is 1.25 bits per heavy atom. The number of nitrogens with zero attached hydrogens (tertiary/aromatic N) is 2. The van der Waals surface area contributed by atoms with Crippen molar-refractivity contribution in [2.45, 2.75) is 11.4 Å². The second-order valence-electron chi connectivity index (χ2n) is 3.99. The van der Waals surface area contributed by atoms with Crippen LogP contribution in [-0.4, -0.2) is 30.1 Å². The Hall–Kier alpha value is -2.26. The maximum absolute atomic E-state index is 11.8. The van der Waals surface area contributed by atoms with Crippen LogP contribution in [0, 0.1) is 10.1 Å². The first-order valence-electron chi connectivity index (χ1n) is 5.71. The molecule has 1 aromatic carbocycles. The molecule has 0 aliphatic rings. The number of aromatic nitrogens is 2. The summed E-state index contributed by atoms with van der Waals surface area (Å²) < 4.78 is 25.9. The molecular formula is C11H12N4O4S. The van der Waals surface area contributed by atoms with Crippen molar-refractivity contribution in [1.82, 2.24) is 14.9 Å². The molecule has 0 atom stereocenters. The number of rotatable bonds is 6. The molecule has 0 saturated heterocycles. The highest BCUT2D eigenvalue weighted by Gasteiger charge is 2.14. The molecule has 8 nitrogen and oxygen atoms in total. The van der Waals surface area contributed by atoms with Gasteiger partial charge in [0, 0.05) is 18.7 Å². The van der Waals surface area contributed by atoms with E-state index in [1.807, 2.05) is 0 Å². The fourth-order valence-corrected chi connectivity index (χ4v) is 2.52. The van der Waals surface area contributed by atoms with Crippen molar-refractivity contribution in [3.63, 3.8) is 0 Å². The van der Waals surface area contributed by atoms with E-state index in [1.165, 1.54) is 24.4 Å². The fourth-order valence-electron chi connectivity index (χ4n) is 1.58. The van der Waals surface area contributed by atoms with Crippen LogP contribution in [0.3, 0.4) is 0 Å². The summed E-state index contributed by atoms with van der Waals surface area (Å²) in [5, 5.41) is 16.4. The van der Waals surface area contributed by atoms with Crippen molar-refractivity contribution in [2.75, 3.05) is 6.54 Å². The molecule has 9 heteroatoms. The number of sulfonamides is 1. The summed E-state index contributed by atoms with van der Waals surface area (Å²) in [7, 11) is -3.58. The lowest BCUT2D eigenvalue weighted by Crippen LogP contribution is -2.26. The first-order valence-corrected chi connectivity index (χ1v) is 7.20. The zero-order valence-corrected chi connectivity index (χ0v) is 11.1. The largest absolute Gasteiger partial charge is 0.269 e. The maximum atomic E-state index is 11.8. The molecule has 0 fully saturated rings. The first kappa shape index (κ1) is 14.2. The van der Waals surface area contributed by atoms with E-state index in [0.717, 1.165) is 5.56 Å². The van der Waals surface area contributed by atoms with E-state index in [0.29, 0.717) is 6.42 Å². The van der Waals surface area contributed by atoms with Crippen LogP contribution in [-0.2, 0) is 16.4 Å². The van der Waals surface area contributed by atoms with Crippen molar-refractivity contribution in [1.29, 1.82) is 0 Å². The summed E-state index contributed by atoms with van der Waals surface area (Å²) in [6.07, 6.45) is 1.79. The average molecular weight is 296 g/mol. The quantitative estimate of drug-likeness (QED) is 0.605. The minimum atomic E-state index is -3.58. The van der Waals surface area contributed by atoms with Crippen LogP contribution in [0.5, 0.6) is 0 Å². The fraction of sp³-hybridized carbons (Fsp3) is 0.182. The van der Waals surface area contributed by atoms with E-state index < -0.39 is 14.9 Å². The number of nitro groups is 1. The smallest absolute Gasteiger partial charge is 0.266 e. The average Bonchev–Trinajstić information content (AvgIpc) is 2.94. The number of H-pyrrole nitrogens is 1. The monoisotopic (exact) mass is 296 g/mol. The van der Waals surface area contributed by atoms with Crippen molar-refractivity contribution in [3.8, 4) is 0 Å². The number of nitrogens with one attached hydrogen (secondary N) is 2. The third kappa shape index (κ3) is 3.39. The zero-order valence-electron chi connectivity index (χ0n) is 10.3. The lowest BCUT2D eigenvalue weighted by Gasteiger charge is -2.04. The van der Waals surface area contributed by atoms with Crippen LogP contribution >= 0.6 is 0 Å². The highest BCUT2D eigenvalue weighted by atomic mass is 32.2. The predicted octanol–water partition coefficient (Wildman–Crippen LogP) is 0.839. The molecule has 1 heterocycles. The molecular weight excluding hydrogens is 284 g/mol. The molecule has 0 saturated carbocycles. The van der Waals surface area contributed by atoms with Gasteiger partial charge in [0.2, 0.25) is 0 Å². The molecule has 106 valence electrons. The third-order valence-electron chi connectivity index (χ3n) is 2.62. The predicted molar refractivity (Wildman–Crippen MR) is 70.6 cm³/mol. The van der Waals surface area contributed by atoms with Gasteiger partial charge in [-0.2, -0.15) is 5.10 Å².